The van der Waals surface area contributed by atoms with Gasteiger partial charge in [-0.25, -0.2) is 4.57 Å². The highest BCUT2D eigenvalue weighted by Crippen LogP contribution is 2.43. The molecule has 54 heavy (non-hydrogen) atoms. The highest BCUT2D eigenvalue weighted by Gasteiger charge is 2.27. The Hall–Kier alpha value is -2.13. The Labute approximate surface area is 330 Å². The lowest BCUT2D eigenvalue weighted by Gasteiger charge is -2.25. The molecule has 0 aliphatic rings. The number of phosphoric ester groups is 1. The van der Waals surface area contributed by atoms with Crippen LogP contribution in [-0.2, 0) is 23.2 Å². The number of nitrogens with one attached hydrogen (secondary N) is 1. The van der Waals surface area contributed by atoms with Gasteiger partial charge in [0.2, 0.25) is 5.91 Å². The number of phosphoric acid groups is 1. The summed E-state index contributed by atoms with van der Waals surface area (Å²) < 4.78 is 23.5. The zero-order valence-corrected chi connectivity index (χ0v) is 35.8. The summed E-state index contributed by atoms with van der Waals surface area (Å²) in [5.41, 5.74) is 0. The van der Waals surface area contributed by atoms with Crippen LogP contribution in [0, 0.1) is 0 Å². The van der Waals surface area contributed by atoms with E-state index in [0.29, 0.717) is 23.9 Å². The highest BCUT2D eigenvalue weighted by molar-refractivity contribution is 7.47. The fourth-order valence-electron chi connectivity index (χ4n) is 5.52. The molecule has 9 nitrogen and oxygen atoms in total. The monoisotopic (exact) mass is 780 g/mol. The minimum absolute atomic E-state index is 0.0379. The molecule has 0 aliphatic heterocycles. The van der Waals surface area contributed by atoms with Crippen molar-refractivity contribution in [1.29, 1.82) is 0 Å². The maximum Gasteiger partial charge on any atom is 0.472 e. The van der Waals surface area contributed by atoms with E-state index in [-0.39, 0.29) is 31.3 Å². The fourth-order valence-corrected chi connectivity index (χ4v) is 6.25. The van der Waals surface area contributed by atoms with Crippen molar-refractivity contribution in [2.24, 2.45) is 0 Å². The van der Waals surface area contributed by atoms with Crippen molar-refractivity contribution in [2.75, 3.05) is 40.9 Å². The molecule has 0 aliphatic carbocycles. The number of likely N-dealkylation sites (N-methyl/N-ethyl adjacent to an activating group) is 1. The number of carbonyl (C=O) groups is 2. The molecule has 0 aromatic carbocycles. The van der Waals surface area contributed by atoms with Crippen LogP contribution in [0.5, 0.6) is 0 Å². The van der Waals surface area contributed by atoms with Crippen LogP contribution in [-0.4, -0.2) is 79.2 Å². The molecule has 0 fully saturated rings. The quantitative estimate of drug-likeness (QED) is 0.0143. The number of hydrogen-bond acceptors (Lipinski definition) is 6. The smallest absolute Gasteiger partial charge is 0.387 e. The number of amides is 1. The number of unbranched alkanes of at least 4 members (excludes halogenated alkanes) is 15. The first-order valence-corrected chi connectivity index (χ1v) is 22.6. The summed E-state index contributed by atoms with van der Waals surface area (Å²) in [6.45, 7) is 4.57. The molecule has 0 aromatic heterocycles. The Morgan fingerprint density at radius 1 is 0.685 bits per heavy atom. The third-order valence-corrected chi connectivity index (χ3v) is 9.94. The van der Waals surface area contributed by atoms with Gasteiger partial charge in [-0.3, -0.25) is 18.6 Å². The Bertz CT molecular complexity index is 1130. The van der Waals surface area contributed by atoms with Crippen LogP contribution in [0.4, 0.5) is 0 Å². The fraction of sp³-hybridized carbons (Fsp3) is 0.727. The van der Waals surface area contributed by atoms with Crippen molar-refractivity contribution < 1.29 is 37.7 Å². The van der Waals surface area contributed by atoms with Gasteiger partial charge in [-0.05, 0) is 51.0 Å². The van der Waals surface area contributed by atoms with Gasteiger partial charge >= 0.3 is 7.82 Å². The molecule has 312 valence electrons. The predicted octanol–water partition coefficient (Wildman–Crippen LogP) is 10.6. The number of ketones is 1. The first-order valence-electron chi connectivity index (χ1n) is 21.1. The van der Waals surface area contributed by atoms with E-state index in [1.807, 2.05) is 45.4 Å². The van der Waals surface area contributed by atoms with E-state index < -0.39 is 20.0 Å². The van der Waals surface area contributed by atoms with Crippen molar-refractivity contribution in [3.05, 3.63) is 60.8 Å². The van der Waals surface area contributed by atoms with Crippen LogP contribution in [0.2, 0.25) is 0 Å². The van der Waals surface area contributed by atoms with E-state index in [1.165, 1.54) is 64.2 Å². The normalized spacial score (nSPS) is 14.9. The molecule has 0 bridgehead atoms. The van der Waals surface area contributed by atoms with Crippen LogP contribution in [0.3, 0.4) is 0 Å². The number of nitrogens with zero attached hydrogens (tertiary/aromatic N) is 1. The molecular weight excluding hydrogens is 699 g/mol. The minimum Gasteiger partial charge on any atom is -0.387 e. The van der Waals surface area contributed by atoms with Gasteiger partial charge in [0.05, 0.1) is 39.9 Å². The Morgan fingerprint density at radius 2 is 1.24 bits per heavy atom. The van der Waals surface area contributed by atoms with E-state index in [9.17, 15) is 24.2 Å². The minimum atomic E-state index is -4.37. The third-order valence-electron chi connectivity index (χ3n) is 8.96. The average Bonchev–Trinajstić information content (AvgIpc) is 3.11. The summed E-state index contributed by atoms with van der Waals surface area (Å²) in [5, 5.41) is 13.7. The number of carbonyl (C=O) groups excluding carboxylic acids is 2. The summed E-state index contributed by atoms with van der Waals surface area (Å²) >= 11 is 0. The van der Waals surface area contributed by atoms with E-state index in [2.05, 4.69) is 37.4 Å². The molecule has 3 atom stereocenters. The van der Waals surface area contributed by atoms with Crippen molar-refractivity contribution in [3.63, 3.8) is 0 Å². The maximum absolute atomic E-state index is 12.8. The third kappa shape index (κ3) is 36.8. The van der Waals surface area contributed by atoms with Crippen LogP contribution in [0.25, 0.3) is 0 Å². The molecule has 0 rings (SSSR count). The zero-order chi connectivity index (χ0) is 40.2. The standard InChI is InChI=1S/C44H79N2O7P/c1-6-8-10-11-12-13-14-15-16-19-22-25-28-32-36-43(48)42(40-53-54(50,51)52-39-38-46(3,4)5)45-44(49)37-33-29-26-23-20-17-18-21-24-27-31-35-41(47)34-30-9-7-2/h17-18,23-24,26-27,31-32,35-36,42-43,48H,6-16,19-22,25,28-30,33-34,37-40H2,1-5H3,(H-,45,49,50,51)/p+1/b18-17-,26-23-,27-24-,35-31+,36-32+/t42-,43+/m0/s1. The first kappa shape index (κ1) is 51.9. The van der Waals surface area contributed by atoms with Gasteiger partial charge in [0.15, 0.2) is 5.78 Å². The van der Waals surface area contributed by atoms with Crippen molar-refractivity contribution in [3.8, 4) is 0 Å². The predicted molar refractivity (Wildman–Crippen MR) is 226 cm³/mol. The number of rotatable bonds is 37. The van der Waals surface area contributed by atoms with Gasteiger partial charge in [0.1, 0.15) is 13.2 Å². The van der Waals surface area contributed by atoms with E-state index in [4.69, 9.17) is 9.05 Å². The van der Waals surface area contributed by atoms with Crippen molar-refractivity contribution >= 4 is 19.5 Å². The van der Waals surface area contributed by atoms with Gasteiger partial charge in [-0.1, -0.05) is 152 Å². The van der Waals surface area contributed by atoms with Gasteiger partial charge in [0.25, 0.3) is 0 Å². The van der Waals surface area contributed by atoms with E-state index in [0.717, 1.165) is 57.8 Å². The number of aliphatic hydroxyl groups excluding tert-OH is 1. The van der Waals surface area contributed by atoms with Gasteiger partial charge in [-0.2, -0.15) is 0 Å². The Balaban J connectivity index is 4.64. The molecule has 1 amide bonds. The second-order valence-corrected chi connectivity index (χ2v) is 16.9. The Morgan fingerprint density at radius 3 is 1.87 bits per heavy atom. The molecule has 0 saturated heterocycles. The van der Waals surface area contributed by atoms with Crippen LogP contribution in [0.15, 0.2) is 60.8 Å². The van der Waals surface area contributed by atoms with Gasteiger partial charge in [-0.15, -0.1) is 0 Å². The van der Waals surface area contributed by atoms with Gasteiger partial charge in [0, 0.05) is 12.8 Å². The van der Waals surface area contributed by atoms with E-state index in [1.54, 1.807) is 18.2 Å². The zero-order valence-electron chi connectivity index (χ0n) is 34.9. The number of aliphatic hydroxyl groups is 1. The lowest BCUT2D eigenvalue weighted by atomic mass is 10.0. The maximum atomic E-state index is 12.8. The lowest BCUT2D eigenvalue weighted by molar-refractivity contribution is -0.870. The largest absolute Gasteiger partial charge is 0.472 e. The second kappa shape index (κ2) is 35.3. The molecule has 0 spiro atoms. The van der Waals surface area contributed by atoms with Crippen molar-refractivity contribution in [1.82, 2.24) is 5.32 Å². The molecular formula is C44H80N2O7P+. The number of quaternary nitrogens is 1. The molecule has 1 unspecified atom stereocenters. The number of hydrogen-bond donors (Lipinski definition) is 3. The summed E-state index contributed by atoms with van der Waals surface area (Å²) in [6.07, 6.45) is 41.3. The topological polar surface area (TPSA) is 122 Å². The highest BCUT2D eigenvalue weighted by atomic mass is 31.2. The molecule has 0 heterocycles. The molecule has 0 radical (unpaired) electrons. The first-order chi connectivity index (χ1) is 25.9. The SMILES string of the molecule is CCCCCCCCCCCCCC/C=C/[C@@H](O)[C@H](COP(=O)(O)OCC[N+](C)(C)C)NC(=O)CCC/C=C\C/C=C\C/C=C\C=C\C(=O)CCCCC. The molecule has 0 saturated carbocycles. The average molecular weight is 780 g/mol. The summed E-state index contributed by atoms with van der Waals surface area (Å²) in [4.78, 5) is 34.8. The summed E-state index contributed by atoms with van der Waals surface area (Å²) in [6, 6.07) is -0.894. The van der Waals surface area contributed by atoms with Crippen LogP contribution < -0.4 is 5.32 Å². The van der Waals surface area contributed by atoms with Crippen LogP contribution in [0.1, 0.15) is 155 Å². The second-order valence-electron chi connectivity index (χ2n) is 15.4. The summed E-state index contributed by atoms with van der Waals surface area (Å²) in [7, 11) is 1.49. The van der Waals surface area contributed by atoms with E-state index >= 15 is 0 Å². The molecule has 0 aromatic rings. The lowest BCUT2D eigenvalue weighted by Crippen LogP contribution is -2.45. The molecule has 10 heteroatoms. The molecule has 3 N–H and O–H groups in total. The van der Waals surface area contributed by atoms with Crippen molar-refractivity contribution in [2.45, 2.75) is 167 Å². The summed E-state index contributed by atoms with van der Waals surface area (Å²) in [5.74, 6) is -0.0805. The number of allylic oxidation sites excluding steroid dienone is 9. The van der Waals surface area contributed by atoms with Crippen LogP contribution >= 0.6 is 7.82 Å². The van der Waals surface area contributed by atoms with Gasteiger partial charge < -0.3 is 19.8 Å². The Kier molecular flexibility index (Phi) is 33.9.